The van der Waals surface area contributed by atoms with Gasteiger partial charge < -0.3 is 24.6 Å². The summed E-state index contributed by atoms with van der Waals surface area (Å²) in [6.45, 7) is 0.372. The van der Waals surface area contributed by atoms with Gasteiger partial charge in [-0.2, -0.15) is 0 Å². The van der Waals surface area contributed by atoms with Gasteiger partial charge in [-0.1, -0.05) is 54.2 Å². The zero-order chi connectivity index (χ0) is 21.8. The van der Waals surface area contributed by atoms with E-state index in [1.807, 2.05) is 42.5 Å². The van der Waals surface area contributed by atoms with Crippen LogP contribution in [0.5, 0.6) is 5.75 Å². The van der Waals surface area contributed by atoms with Crippen LogP contribution in [0.15, 0.2) is 54.6 Å². The molecule has 0 aromatic heterocycles. The lowest BCUT2D eigenvalue weighted by atomic mass is 9.90. The number of hydrogen-bond acceptors (Lipinski definition) is 6. The van der Waals surface area contributed by atoms with Gasteiger partial charge in [0.15, 0.2) is 5.79 Å². The minimum absolute atomic E-state index is 0.0845. The van der Waals surface area contributed by atoms with Crippen LogP contribution >= 0.6 is 11.8 Å². The number of rotatable bonds is 7. The minimum atomic E-state index is -1.56. The van der Waals surface area contributed by atoms with Crippen molar-refractivity contribution >= 4 is 17.0 Å². The molecule has 31 heavy (non-hydrogen) atoms. The molecule has 2 aromatic rings. The van der Waals surface area contributed by atoms with Crippen molar-refractivity contribution in [2.45, 2.75) is 56.3 Å². The summed E-state index contributed by atoms with van der Waals surface area (Å²) in [6.07, 6.45) is 1.17. The van der Waals surface area contributed by atoms with Crippen LogP contribution in [0.2, 0.25) is 0 Å². The van der Waals surface area contributed by atoms with Crippen LogP contribution < -0.4 is 4.74 Å². The molecule has 1 amide bonds. The van der Waals surface area contributed by atoms with Crippen LogP contribution in [0.25, 0.3) is 0 Å². The Balaban J connectivity index is 1.46. The highest BCUT2D eigenvalue weighted by Gasteiger charge is 2.51. The molecule has 0 bridgehead atoms. The Morgan fingerprint density at radius 1 is 1.16 bits per heavy atom. The van der Waals surface area contributed by atoms with E-state index in [0.717, 1.165) is 17.7 Å². The fraction of sp³-hybridized carbons (Fsp3) is 0.458. The lowest BCUT2D eigenvalue weighted by Gasteiger charge is -2.45. The number of ether oxygens (including phenoxy) is 2. The van der Waals surface area contributed by atoms with Gasteiger partial charge in [0.1, 0.15) is 5.75 Å². The van der Waals surface area contributed by atoms with E-state index in [0.29, 0.717) is 25.1 Å². The summed E-state index contributed by atoms with van der Waals surface area (Å²) in [4.78, 5) is 14.3. The van der Waals surface area contributed by atoms with Gasteiger partial charge >= 0.3 is 0 Å². The zero-order valence-electron chi connectivity index (χ0n) is 17.6. The van der Waals surface area contributed by atoms with E-state index in [-0.39, 0.29) is 17.8 Å². The van der Waals surface area contributed by atoms with E-state index >= 15 is 0 Å². The van der Waals surface area contributed by atoms with Crippen molar-refractivity contribution in [1.82, 2.24) is 4.90 Å². The molecule has 2 aromatic carbocycles. The fourth-order valence-electron chi connectivity index (χ4n) is 4.40. The molecule has 6 nitrogen and oxygen atoms in total. The number of carbonyl (C=O) groups excluding carboxylic acids is 1. The number of nitrogens with zero attached hydrogens (tertiary/aromatic N) is 1. The molecule has 4 rings (SSSR count). The highest BCUT2D eigenvalue weighted by Crippen LogP contribution is 2.40. The molecule has 0 aliphatic carbocycles. The lowest BCUT2D eigenvalue weighted by Crippen LogP contribution is -2.59. The van der Waals surface area contributed by atoms with Crippen molar-refractivity contribution in [2.24, 2.45) is 0 Å². The summed E-state index contributed by atoms with van der Waals surface area (Å²) in [5, 5.41) is 21.9. The SMILES string of the molecule is COc1ccc(CN2C(=O)SC[C@@H]2[C@@]2(O)C[C@@H](O)C[C@@H](CCc3ccccc3)O2)cc1. The number of aliphatic hydroxyl groups is 2. The summed E-state index contributed by atoms with van der Waals surface area (Å²) < 4.78 is 11.4. The molecule has 4 atom stereocenters. The van der Waals surface area contributed by atoms with Gasteiger partial charge in [0.2, 0.25) is 0 Å². The van der Waals surface area contributed by atoms with Gasteiger partial charge in [-0.25, -0.2) is 0 Å². The van der Waals surface area contributed by atoms with Gasteiger partial charge in [-0.15, -0.1) is 0 Å². The van der Waals surface area contributed by atoms with Crippen molar-refractivity contribution in [3.05, 3.63) is 65.7 Å². The number of carbonyl (C=O) groups is 1. The molecule has 2 fully saturated rings. The van der Waals surface area contributed by atoms with Gasteiger partial charge in [0.05, 0.1) is 25.4 Å². The number of aliphatic hydroxyl groups excluding tert-OH is 1. The molecule has 0 saturated carbocycles. The zero-order valence-corrected chi connectivity index (χ0v) is 18.5. The first-order valence-corrected chi connectivity index (χ1v) is 11.6. The van der Waals surface area contributed by atoms with Crippen molar-refractivity contribution in [2.75, 3.05) is 12.9 Å². The third-order valence-electron chi connectivity index (χ3n) is 6.04. The number of aryl methyl sites for hydroxylation is 1. The Morgan fingerprint density at radius 3 is 2.61 bits per heavy atom. The van der Waals surface area contributed by atoms with E-state index in [1.54, 1.807) is 12.0 Å². The Hall–Kier alpha value is -2.06. The predicted octanol–water partition coefficient (Wildman–Crippen LogP) is 3.59. The Kier molecular flexibility index (Phi) is 6.86. The van der Waals surface area contributed by atoms with Gasteiger partial charge in [-0.3, -0.25) is 4.79 Å². The highest BCUT2D eigenvalue weighted by molar-refractivity contribution is 8.13. The number of amides is 1. The van der Waals surface area contributed by atoms with Crippen LogP contribution in [0, 0.1) is 0 Å². The number of hydrogen-bond donors (Lipinski definition) is 2. The number of methoxy groups -OCH3 is 1. The third-order valence-corrected chi connectivity index (χ3v) is 7.00. The van der Waals surface area contributed by atoms with Crippen LogP contribution in [0.3, 0.4) is 0 Å². The molecule has 0 unspecified atom stereocenters. The molecule has 166 valence electrons. The summed E-state index contributed by atoms with van der Waals surface area (Å²) in [6, 6.07) is 17.1. The van der Waals surface area contributed by atoms with Crippen LogP contribution in [-0.2, 0) is 17.7 Å². The highest BCUT2D eigenvalue weighted by atomic mass is 32.2. The average molecular weight is 444 g/mol. The first kappa shape index (κ1) is 22.1. The maximum atomic E-state index is 12.6. The second-order valence-electron chi connectivity index (χ2n) is 8.27. The topological polar surface area (TPSA) is 79.2 Å². The van der Waals surface area contributed by atoms with E-state index in [9.17, 15) is 15.0 Å². The maximum Gasteiger partial charge on any atom is 0.282 e. The quantitative estimate of drug-likeness (QED) is 0.681. The molecular weight excluding hydrogens is 414 g/mol. The predicted molar refractivity (Wildman–Crippen MR) is 120 cm³/mol. The summed E-state index contributed by atoms with van der Waals surface area (Å²) in [5.41, 5.74) is 2.14. The number of thioether (sulfide) groups is 1. The largest absolute Gasteiger partial charge is 0.497 e. The van der Waals surface area contributed by atoms with Crippen molar-refractivity contribution < 1.29 is 24.5 Å². The van der Waals surface area contributed by atoms with Gasteiger partial charge in [-0.05, 0) is 42.5 Å². The molecule has 2 heterocycles. The molecule has 2 aliphatic heterocycles. The summed E-state index contributed by atoms with van der Waals surface area (Å²) >= 11 is 1.19. The van der Waals surface area contributed by atoms with Crippen LogP contribution in [-0.4, -0.2) is 57.3 Å². The first-order valence-electron chi connectivity index (χ1n) is 10.7. The lowest BCUT2D eigenvalue weighted by molar-refractivity contribution is -0.292. The monoisotopic (exact) mass is 443 g/mol. The van der Waals surface area contributed by atoms with E-state index in [4.69, 9.17) is 9.47 Å². The number of benzene rings is 2. The van der Waals surface area contributed by atoms with Crippen LogP contribution in [0.4, 0.5) is 4.79 Å². The third kappa shape index (κ3) is 5.23. The standard InChI is InChI=1S/C24H29NO5S/c1-29-20-10-8-18(9-11-20)15-25-22(16-31-23(25)27)24(28)14-19(26)13-21(30-24)12-7-17-5-3-2-4-6-17/h2-6,8-11,19,21-22,26,28H,7,12-16H2,1H3/t19-,21+,22+,24+/m0/s1. The van der Waals surface area contributed by atoms with Crippen molar-refractivity contribution in [3.8, 4) is 5.75 Å². The summed E-state index contributed by atoms with van der Waals surface area (Å²) in [5.74, 6) is -0.380. The average Bonchev–Trinajstić information content (AvgIpc) is 3.14. The molecule has 2 saturated heterocycles. The van der Waals surface area contributed by atoms with Gasteiger partial charge in [0, 0.05) is 18.7 Å². The van der Waals surface area contributed by atoms with Crippen molar-refractivity contribution in [3.63, 3.8) is 0 Å². The molecule has 7 heteroatoms. The Labute approximate surface area is 187 Å². The Bertz CT molecular complexity index is 877. The van der Waals surface area contributed by atoms with E-state index in [2.05, 4.69) is 12.1 Å². The second-order valence-corrected chi connectivity index (χ2v) is 9.24. The molecule has 0 radical (unpaired) electrons. The molecule has 0 spiro atoms. The fourth-order valence-corrected chi connectivity index (χ4v) is 5.50. The Morgan fingerprint density at radius 2 is 1.90 bits per heavy atom. The second kappa shape index (κ2) is 9.61. The first-order chi connectivity index (χ1) is 15.0. The molecular formula is C24H29NO5S. The summed E-state index contributed by atoms with van der Waals surface area (Å²) in [7, 11) is 1.61. The molecule has 2 N–H and O–H groups in total. The molecule has 2 aliphatic rings. The van der Waals surface area contributed by atoms with Crippen LogP contribution in [0.1, 0.15) is 30.4 Å². The smallest absolute Gasteiger partial charge is 0.282 e. The van der Waals surface area contributed by atoms with Gasteiger partial charge in [0.25, 0.3) is 5.24 Å². The van der Waals surface area contributed by atoms with E-state index < -0.39 is 17.9 Å². The van der Waals surface area contributed by atoms with E-state index in [1.165, 1.54) is 17.3 Å². The van der Waals surface area contributed by atoms with Crippen molar-refractivity contribution in [1.29, 1.82) is 0 Å². The maximum absolute atomic E-state index is 12.6. The minimum Gasteiger partial charge on any atom is -0.497 e. The normalized spacial score (nSPS) is 28.7.